The number of aryl methyl sites for hydroxylation is 1. The minimum absolute atomic E-state index is 0.578. The molecule has 0 aliphatic rings. The summed E-state index contributed by atoms with van der Waals surface area (Å²) in [5, 5.41) is 4.08. The molecule has 2 N–H and O–H groups in total. The first kappa shape index (κ1) is 7.86. The van der Waals surface area contributed by atoms with Crippen molar-refractivity contribution in [1.29, 1.82) is 0 Å². The Morgan fingerprint density at radius 3 is 2.46 bits per heavy atom. The topological polar surface area (TPSA) is 43.8 Å². The van der Waals surface area contributed by atoms with E-state index >= 15 is 0 Å². The Morgan fingerprint density at radius 2 is 1.92 bits per heavy atom. The standard InChI is InChI=1S/C10H11N3/c1-13-7-9(10(11)12-13)8-5-3-2-4-6-8/h2-7H,1H3,(H2,11,12). The average molecular weight is 173 g/mol. The van der Waals surface area contributed by atoms with Crippen molar-refractivity contribution in [2.75, 3.05) is 5.73 Å². The van der Waals surface area contributed by atoms with E-state index in [1.54, 1.807) is 4.68 Å². The summed E-state index contributed by atoms with van der Waals surface area (Å²) in [7, 11) is 1.86. The second-order valence-corrected chi connectivity index (χ2v) is 2.97. The van der Waals surface area contributed by atoms with Gasteiger partial charge in [0.05, 0.1) is 0 Å². The highest BCUT2D eigenvalue weighted by molar-refractivity contribution is 5.72. The van der Waals surface area contributed by atoms with Gasteiger partial charge >= 0.3 is 0 Å². The summed E-state index contributed by atoms with van der Waals surface area (Å²) in [4.78, 5) is 0. The number of rotatable bonds is 1. The molecule has 2 aromatic rings. The molecular formula is C10H11N3. The first-order valence-corrected chi connectivity index (χ1v) is 4.12. The Hall–Kier alpha value is -1.77. The molecule has 0 aliphatic carbocycles. The fraction of sp³-hybridized carbons (Fsp3) is 0.100. The lowest BCUT2D eigenvalue weighted by atomic mass is 10.1. The number of nitrogen functional groups attached to an aromatic ring is 1. The predicted molar refractivity (Wildman–Crippen MR) is 53.1 cm³/mol. The minimum atomic E-state index is 0.578. The third-order valence-electron chi connectivity index (χ3n) is 1.94. The second-order valence-electron chi connectivity index (χ2n) is 2.97. The van der Waals surface area contributed by atoms with Crippen molar-refractivity contribution in [3.05, 3.63) is 36.5 Å². The third-order valence-corrected chi connectivity index (χ3v) is 1.94. The maximum atomic E-state index is 5.74. The van der Waals surface area contributed by atoms with E-state index in [1.807, 2.05) is 43.6 Å². The zero-order valence-corrected chi connectivity index (χ0v) is 7.44. The van der Waals surface area contributed by atoms with Crippen LogP contribution in [0.2, 0.25) is 0 Å². The summed E-state index contributed by atoms with van der Waals surface area (Å²) in [6.07, 6.45) is 1.92. The van der Waals surface area contributed by atoms with Crippen molar-refractivity contribution in [2.45, 2.75) is 0 Å². The van der Waals surface area contributed by atoms with Gasteiger partial charge < -0.3 is 5.73 Å². The van der Waals surface area contributed by atoms with Gasteiger partial charge in [-0.15, -0.1) is 0 Å². The van der Waals surface area contributed by atoms with Crippen LogP contribution in [-0.2, 0) is 7.05 Å². The van der Waals surface area contributed by atoms with Crippen molar-refractivity contribution in [3.8, 4) is 11.1 Å². The fourth-order valence-corrected chi connectivity index (χ4v) is 1.35. The monoisotopic (exact) mass is 173 g/mol. The van der Waals surface area contributed by atoms with Gasteiger partial charge in [0.2, 0.25) is 0 Å². The molecule has 0 amide bonds. The Kier molecular flexibility index (Phi) is 1.77. The molecule has 0 radical (unpaired) electrons. The first-order chi connectivity index (χ1) is 6.27. The molecule has 1 aromatic carbocycles. The molecule has 0 spiro atoms. The van der Waals surface area contributed by atoms with Crippen LogP contribution in [0.5, 0.6) is 0 Å². The van der Waals surface area contributed by atoms with E-state index in [-0.39, 0.29) is 0 Å². The van der Waals surface area contributed by atoms with Crippen molar-refractivity contribution in [3.63, 3.8) is 0 Å². The van der Waals surface area contributed by atoms with E-state index < -0.39 is 0 Å². The molecule has 2 rings (SSSR count). The summed E-state index contributed by atoms with van der Waals surface area (Å²) in [5.74, 6) is 0.578. The summed E-state index contributed by atoms with van der Waals surface area (Å²) in [6.45, 7) is 0. The van der Waals surface area contributed by atoms with Crippen molar-refractivity contribution < 1.29 is 0 Å². The first-order valence-electron chi connectivity index (χ1n) is 4.12. The van der Waals surface area contributed by atoms with Gasteiger partial charge in [0.25, 0.3) is 0 Å². The molecule has 3 heteroatoms. The number of nitrogens with zero attached hydrogens (tertiary/aromatic N) is 2. The van der Waals surface area contributed by atoms with Crippen molar-refractivity contribution in [2.24, 2.45) is 7.05 Å². The lowest BCUT2D eigenvalue weighted by molar-refractivity contribution is 0.772. The van der Waals surface area contributed by atoms with Crippen LogP contribution in [0.4, 0.5) is 5.82 Å². The molecule has 0 saturated heterocycles. The number of anilines is 1. The highest BCUT2D eigenvalue weighted by atomic mass is 15.3. The summed E-state index contributed by atoms with van der Waals surface area (Å²) < 4.78 is 1.72. The second kappa shape index (κ2) is 2.94. The number of hydrogen-bond acceptors (Lipinski definition) is 2. The Labute approximate surface area is 76.8 Å². The smallest absolute Gasteiger partial charge is 0.153 e. The fourth-order valence-electron chi connectivity index (χ4n) is 1.35. The molecule has 0 saturated carbocycles. The number of hydrogen-bond donors (Lipinski definition) is 1. The van der Waals surface area contributed by atoms with Gasteiger partial charge in [-0.3, -0.25) is 4.68 Å². The van der Waals surface area contributed by atoms with Gasteiger partial charge in [0, 0.05) is 18.8 Å². The molecule has 13 heavy (non-hydrogen) atoms. The Balaban J connectivity index is 2.53. The van der Waals surface area contributed by atoms with E-state index in [0.717, 1.165) is 11.1 Å². The quantitative estimate of drug-likeness (QED) is 0.712. The molecule has 66 valence electrons. The van der Waals surface area contributed by atoms with Gasteiger partial charge in [0.15, 0.2) is 5.82 Å². The Bertz CT molecular complexity index is 403. The maximum Gasteiger partial charge on any atom is 0.153 e. The van der Waals surface area contributed by atoms with E-state index in [4.69, 9.17) is 5.73 Å². The lowest BCUT2D eigenvalue weighted by Crippen LogP contribution is -1.90. The molecule has 1 heterocycles. The van der Waals surface area contributed by atoms with Gasteiger partial charge in [0.1, 0.15) is 0 Å². The molecule has 0 fully saturated rings. The molecule has 0 unspecified atom stereocenters. The minimum Gasteiger partial charge on any atom is -0.382 e. The highest BCUT2D eigenvalue weighted by Crippen LogP contribution is 2.23. The van der Waals surface area contributed by atoms with E-state index in [9.17, 15) is 0 Å². The van der Waals surface area contributed by atoms with Crippen LogP contribution in [0.3, 0.4) is 0 Å². The van der Waals surface area contributed by atoms with Crippen molar-refractivity contribution in [1.82, 2.24) is 9.78 Å². The van der Waals surface area contributed by atoms with Gasteiger partial charge in [-0.25, -0.2) is 0 Å². The van der Waals surface area contributed by atoms with E-state index in [2.05, 4.69) is 5.10 Å². The largest absolute Gasteiger partial charge is 0.382 e. The molecule has 1 aromatic heterocycles. The van der Waals surface area contributed by atoms with Crippen LogP contribution >= 0.6 is 0 Å². The van der Waals surface area contributed by atoms with E-state index in [1.165, 1.54) is 0 Å². The van der Waals surface area contributed by atoms with Crippen LogP contribution in [0.25, 0.3) is 11.1 Å². The maximum absolute atomic E-state index is 5.74. The van der Waals surface area contributed by atoms with Crippen LogP contribution in [0, 0.1) is 0 Å². The number of benzene rings is 1. The zero-order chi connectivity index (χ0) is 9.26. The van der Waals surface area contributed by atoms with Gasteiger partial charge in [-0.05, 0) is 5.56 Å². The summed E-state index contributed by atoms with van der Waals surface area (Å²) in [6, 6.07) is 10.0. The lowest BCUT2D eigenvalue weighted by Gasteiger charge is -1.96. The SMILES string of the molecule is Cn1cc(-c2ccccc2)c(N)n1. The van der Waals surface area contributed by atoms with Crippen LogP contribution in [0.1, 0.15) is 0 Å². The van der Waals surface area contributed by atoms with Crippen LogP contribution < -0.4 is 5.73 Å². The number of aromatic nitrogens is 2. The summed E-state index contributed by atoms with van der Waals surface area (Å²) >= 11 is 0. The molecule has 0 aliphatic heterocycles. The predicted octanol–water partition coefficient (Wildman–Crippen LogP) is 1.67. The number of nitrogens with two attached hydrogens (primary N) is 1. The molecule has 0 bridgehead atoms. The molecule has 3 nitrogen and oxygen atoms in total. The average Bonchev–Trinajstić information content (AvgIpc) is 2.47. The third kappa shape index (κ3) is 1.40. The molecule has 0 atom stereocenters. The Morgan fingerprint density at radius 1 is 1.23 bits per heavy atom. The zero-order valence-electron chi connectivity index (χ0n) is 7.44. The van der Waals surface area contributed by atoms with Crippen molar-refractivity contribution >= 4 is 5.82 Å². The normalized spacial score (nSPS) is 10.2. The molecular weight excluding hydrogens is 162 g/mol. The van der Waals surface area contributed by atoms with Crippen LogP contribution in [-0.4, -0.2) is 9.78 Å². The van der Waals surface area contributed by atoms with Gasteiger partial charge in [-0.1, -0.05) is 30.3 Å². The van der Waals surface area contributed by atoms with Gasteiger partial charge in [-0.2, -0.15) is 5.10 Å². The highest BCUT2D eigenvalue weighted by Gasteiger charge is 2.04. The van der Waals surface area contributed by atoms with E-state index in [0.29, 0.717) is 5.82 Å². The summed E-state index contributed by atoms with van der Waals surface area (Å²) in [5.41, 5.74) is 7.84. The van der Waals surface area contributed by atoms with Crippen LogP contribution in [0.15, 0.2) is 36.5 Å².